The molecule has 0 aliphatic rings. The Morgan fingerprint density at radius 1 is 1.53 bits per heavy atom. The maximum absolute atomic E-state index is 10.7. The molecule has 2 rings (SSSR count). The van der Waals surface area contributed by atoms with Crippen LogP contribution in [0, 0.1) is 0 Å². The van der Waals surface area contributed by atoms with E-state index in [1.165, 1.54) is 0 Å². The van der Waals surface area contributed by atoms with Gasteiger partial charge in [-0.15, -0.1) is 0 Å². The summed E-state index contributed by atoms with van der Waals surface area (Å²) < 4.78 is 0.892. The molecule has 4 N–H and O–H groups in total. The third-order valence-electron chi connectivity index (χ3n) is 2.23. The minimum Gasteiger partial charge on any atom is -0.480 e. The lowest BCUT2D eigenvalue weighted by molar-refractivity contribution is -0.138. The smallest absolute Gasteiger partial charge is 0.326 e. The van der Waals surface area contributed by atoms with Crippen LogP contribution in [-0.2, 0) is 4.79 Å². The van der Waals surface area contributed by atoms with Gasteiger partial charge in [0.25, 0.3) is 0 Å². The summed E-state index contributed by atoms with van der Waals surface area (Å²) in [6.45, 7) is 0. The van der Waals surface area contributed by atoms with Crippen molar-refractivity contribution in [3.8, 4) is 0 Å². The first-order chi connectivity index (χ1) is 7.09. The predicted octanol–water partition coefficient (Wildman–Crippen LogP) is 2.01. The van der Waals surface area contributed by atoms with E-state index in [1.807, 2.05) is 18.2 Å². The van der Waals surface area contributed by atoms with Gasteiger partial charge in [-0.1, -0.05) is 12.1 Å². The van der Waals surface area contributed by atoms with Crippen LogP contribution in [0.4, 0.5) is 0 Å². The van der Waals surface area contributed by atoms with Gasteiger partial charge in [-0.25, -0.2) is 0 Å². The molecule has 0 spiro atoms. The molecule has 0 saturated carbocycles. The molecule has 1 heterocycles. The first kappa shape index (κ1) is 10.2. The Morgan fingerprint density at radius 3 is 2.87 bits per heavy atom. The number of halogens is 1. The molecule has 0 bridgehead atoms. The molecule has 5 heteroatoms. The third kappa shape index (κ3) is 1.75. The van der Waals surface area contributed by atoms with E-state index in [2.05, 4.69) is 20.9 Å². The summed E-state index contributed by atoms with van der Waals surface area (Å²) in [5.74, 6) is -1.04. The van der Waals surface area contributed by atoms with E-state index in [1.54, 1.807) is 6.07 Å². The molecular weight excluding hydrogens is 260 g/mol. The van der Waals surface area contributed by atoms with Crippen molar-refractivity contribution in [3.05, 3.63) is 34.4 Å². The highest BCUT2D eigenvalue weighted by Gasteiger charge is 2.16. The van der Waals surface area contributed by atoms with Crippen molar-refractivity contribution < 1.29 is 9.90 Å². The Labute approximate surface area is 94.2 Å². The number of fused-ring (bicyclic) bond motifs is 1. The summed E-state index contributed by atoms with van der Waals surface area (Å²) in [4.78, 5) is 13.7. The molecule has 1 aromatic heterocycles. The maximum Gasteiger partial charge on any atom is 0.326 e. The van der Waals surface area contributed by atoms with Gasteiger partial charge in [-0.2, -0.15) is 0 Å². The molecule has 0 saturated heterocycles. The number of aromatic nitrogens is 1. The second kappa shape index (κ2) is 3.67. The first-order valence-electron chi connectivity index (χ1n) is 4.35. The molecule has 78 valence electrons. The van der Waals surface area contributed by atoms with Gasteiger partial charge in [-0.3, -0.25) is 4.79 Å². The number of aromatic amines is 1. The second-order valence-electron chi connectivity index (χ2n) is 3.24. The van der Waals surface area contributed by atoms with E-state index >= 15 is 0 Å². The lowest BCUT2D eigenvalue weighted by atomic mass is 10.2. The van der Waals surface area contributed by atoms with E-state index < -0.39 is 12.0 Å². The van der Waals surface area contributed by atoms with Crippen LogP contribution in [0.5, 0.6) is 0 Å². The highest BCUT2D eigenvalue weighted by molar-refractivity contribution is 9.10. The number of hydrogen-bond donors (Lipinski definition) is 3. The Hall–Kier alpha value is -1.33. The van der Waals surface area contributed by atoms with Gasteiger partial charge in [0, 0.05) is 15.6 Å². The number of carbonyl (C=O) groups is 1. The zero-order chi connectivity index (χ0) is 11.0. The third-order valence-corrected chi connectivity index (χ3v) is 2.89. The standard InChI is InChI=1S/C10H9BrN2O2/c11-6-3-1-2-5-4-7(13-9(5)6)8(12)10(14)15/h1-4,8,13H,12H2,(H,14,15). The molecule has 4 nitrogen and oxygen atoms in total. The van der Waals surface area contributed by atoms with E-state index in [0.717, 1.165) is 15.4 Å². The number of hydrogen-bond acceptors (Lipinski definition) is 2. The molecule has 2 aromatic rings. The van der Waals surface area contributed by atoms with E-state index in [0.29, 0.717) is 5.69 Å². The number of benzene rings is 1. The van der Waals surface area contributed by atoms with Crippen molar-refractivity contribution in [1.82, 2.24) is 4.98 Å². The first-order valence-corrected chi connectivity index (χ1v) is 5.14. The number of nitrogens with two attached hydrogens (primary N) is 1. The number of carboxylic acid groups (broad SMARTS) is 1. The van der Waals surface area contributed by atoms with E-state index in [9.17, 15) is 4.79 Å². The lowest BCUT2D eigenvalue weighted by Crippen LogP contribution is -2.20. The van der Waals surface area contributed by atoms with Crippen LogP contribution in [0.2, 0.25) is 0 Å². The minimum absolute atomic E-state index is 0.504. The molecule has 1 atom stereocenters. The van der Waals surface area contributed by atoms with Crippen LogP contribution in [0.25, 0.3) is 10.9 Å². The number of aliphatic carboxylic acids is 1. The van der Waals surface area contributed by atoms with E-state index in [4.69, 9.17) is 10.8 Å². The van der Waals surface area contributed by atoms with Gasteiger partial charge in [0.2, 0.25) is 0 Å². The van der Waals surface area contributed by atoms with Crippen molar-refractivity contribution in [2.45, 2.75) is 6.04 Å². The molecule has 0 fully saturated rings. The predicted molar refractivity (Wildman–Crippen MR) is 60.6 cm³/mol. The van der Waals surface area contributed by atoms with Gasteiger partial charge in [0.15, 0.2) is 0 Å². The van der Waals surface area contributed by atoms with Gasteiger partial charge in [0.1, 0.15) is 6.04 Å². The molecule has 1 unspecified atom stereocenters. The fourth-order valence-corrected chi connectivity index (χ4v) is 1.92. The van der Waals surface area contributed by atoms with Crippen LogP contribution in [0.15, 0.2) is 28.7 Å². The second-order valence-corrected chi connectivity index (χ2v) is 4.10. The Kier molecular flexibility index (Phi) is 2.50. The van der Waals surface area contributed by atoms with Gasteiger partial charge in [-0.05, 0) is 28.1 Å². The van der Waals surface area contributed by atoms with Gasteiger partial charge in [0.05, 0.1) is 5.52 Å². The highest BCUT2D eigenvalue weighted by atomic mass is 79.9. The molecule has 1 aromatic carbocycles. The zero-order valence-corrected chi connectivity index (χ0v) is 9.28. The minimum atomic E-state index is -1.04. The molecule has 0 aliphatic heterocycles. The molecular formula is C10H9BrN2O2. The molecule has 0 radical (unpaired) electrons. The summed E-state index contributed by atoms with van der Waals surface area (Å²) >= 11 is 3.38. The fraction of sp³-hybridized carbons (Fsp3) is 0.100. The number of carboxylic acids is 1. The summed E-state index contributed by atoms with van der Waals surface area (Å²) in [6, 6.07) is 6.41. The van der Waals surface area contributed by atoms with Crippen molar-refractivity contribution in [1.29, 1.82) is 0 Å². The van der Waals surface area contributed by atoms with Crippen molar-refractivity contribution in [2.24, 2.45) is 5.73 Å². The van der Waals surface area contributed by atoms with Crippen LogP contribution in [0.3, 0.4) is 0 Å². The number of para-hydroxylation sites is 1. The van der Waals surface area contributed by atoms with Crippen molar-refractivity contribution in [3.63, 3.8) is 0 Å². The van der Waals surface area contributed by atoms with Gasteiger partial charge >= 0.3 is 5.97 Å². The number of H-pyrrole nitrogens is 1. The van der Waals surface area contributed by atoms with Crippen molar-refractivity contribution in [2.75, 3.05) is 0 Å². The Balaban J connectivity index is 2.56. The lowest BCUT2D eigenvalue weighted by Gasteiger charge is -2.01. The van der Waals surface area contributed by atoms with E-state index in [-0.39, 0.29) is 0 Å². The summed E-state index contributed by atoms with van der Waals surface area (Å²) in [5, 5.41) is 9.71. The topological polar surface area (TPSA) is 79.1 Å². The normalized spacial score (nSPS) is 12.9. The number of nitrogens with one attached hydrogen (secondary N) is 1. The fourth-order valence-electron chi connectivity index (χ4n) is 1.44. The molecule has 15 heavy (non-hydrogen) atoms. The Bertz CT molecular complexity index is 521. The highest BCUT2D eigenvalue weighted by Crippen LogP contribution is 2.25. The summed E-state index contributed by atoms with van der Waals surface area (Å²) in [6.07, 6.45) is 0. The van der Waals surface area contributed by atoms with Crippen LogP contribution < -0.4 is 5.73 Å². The summed E-state index contributed by atoms with van der Waals surface area (Å²) in [5.41, 5.74) is 6.87. The average molecular weight is 269 g/mol. The summed E-state index contributed by atoms with van der Waals surface area (Å²) in [7, 11) is 0. The SMILES string of the molecule is NC(C(=O)O)c1cc2cccc(Br)c2[nH]1. The molecule has 0 amide bonds. The van der Waals surface area contributed by atoms with Crippen LogP contribution in [0.1, 0.15) is 11.7 Å². The Morgan fingerprint density at radius 2 is 2.27 bits per heavy atom. The zero-order valence-electron chi connectivity index (χ0n) is 7.70. The maximum atomic E-state index is 10.7. The van der Waals surface area contributed by atoms with Crippen molar-refractivity contribution >= 4 is 32.8 Å². The molecule has 0 aliphatic carbocycles. The quantitative estimate of drug-likeness (QED) is 0.780. The average Bonchev–Trinajstić information content (AvgIpc) is 2.61. The monoisotopic (exact) mass is 268 g/mol. The van der Waals surface area contributed by atoms with Crippen LogP contribution >= 0.6 is 15.9 Å². The van der Waals surface area contributed by atoms with Crippen LogP contribution in [-0.4, -0.2) is 16.1 Å². The van der Waals surface area contributed by atoms with Gasteiger partial charge < -0.3 is 15.8 Å². The largest absolute Gasteiger partial charge is 0.480 e. The number of rotatable bonds is 2.